The first-order valence-electron chi connectivity index (χ1n) is 6.06. The zero-order chi connectivity index (χ0) is 15.2. The van der Waals surface area contributed by atoms with Crippen molar-refractivity contribution in [3.8, 4) is 0 Å². The third kappa shape index (κ3) is 2.34. The van der Waals surface area contributed by atoms with Gasteiger partial charge >= 0.3 is 0 Å². The Balaban J connectivity index is 2.08. The summed E-state index contributed by atoms with van der Waals surface area (Å²) in [5.74, 6) is -0.0212. The molecule has 3 aromatic heterocycles. The van der Waals surface area contributed by atoms with Crippen LogP contribution in [0.25, 0.3) is 4.96 Å². The molecule has 0 atom stereocenters. The number of thiazole rings is 1. The number of hydrogen-bond acceptors (Lipinski definition) is 6. The molecule has 0 spiro atoms. The highest BCUT2D eigenvalue weighted by Crippen LogP contribution is 2.26. The lowest BCUT2D eigenvalue weighted by Crippen LogP contribution is -2.17. The Bertz CT molecular complexity index is 926. The van der Waals surface area contributed by atoms with Crippen LogP contribution in [0.15, 0.2) is 28.7 Å². The summed E-state index contributed by atoms with van der Waals surface area (Å²) in [6.45, 7) is 3.58. The Morgan fingerprint density at radius 2 is 2.05 bits per heavy atom. The van der Waals surface area contributed by atoms with E-state index in [1.54, 1.807) is 30.6 Å². The topological polar surface area (TPSA) is 102 Å². The molecule has 0 aliphatic carbocycles. The van der Waals surface area contributed by atoms with Crippen LogP contribution in [-0.4, -0.2) is 22.8 Å². The SMILES string of the molecule is Cc1ccc(NS(=O)(=O)c2c(N)nc3sccn23)c(C)n1. The van der Waals surface area contributed by atoms with E-state index in [1.807, 2.05) is 6.92 Å². The number of fused-ring (bicyclic) bond motifs is 1. The second-order valence-corrected chi connectivity index (χ2v) is 7.02. The Kier molecular flexibility index (Phi) is 3.10. The smallest absolute Gasteiger partial charge is 0.281 e. The first-order chi connectivity index (χ1) is 9.88. The highest BCUT2D eigenvalue weighted by Gasteiger charge is 2.25. The molecule has 0 aromatic carbocycles. The molecule has 3 N–H and O–H groups in total. The van der Waals surface area contributed by atoms with E-state index in [1.165, 1.54) is 15.7 Å². The van der Waals surface area contributed by atoms with Crippen LogP contribution in [0.5, 0.6) is 0 Å². The molecule has 0 saturated carbocycles. The number of anilines is 2. The van der Waals surface area contributed by atoms with Crippen molar-refractivity contribution in [1.82, 2.24) is 14.4 Å². The normalized spacial score (nSPS) is 11.9. The van der Waals surface area contributed by atoms with Crippen molar-refractivity contribution in [1.29, 1.82) is 0 Å². The van der Waals surface area contributed by atoms with Crippen LogP contribution in [0.1, 0.15) is 11.4 Å². The van der Waals surface area contributed by atoms with Crippen LogP contribution < -0.4 is 10.5 Å². The van der Waals surface area contributed by atoms with Gasteiger partial charge in [-0.05, 0) is 26.0 Å². The van der Waals surface area contributed by atoms with Crippen LogP contribution >= 0.6 is 11.3 Å². The summed E-state index contributed by atoms with van der Waals surface area (Å²) in [6.07, 6.45) is 1.62. The number of hydrogen-bond donors (Lipinski definition) is 2. The maximum atomic E-state index is 12.6. The quantitative estimate of drug-likeness (QED) is 0.765. The van der Waals surface area contributed by atoms with Gasteiger partial charge in [0.15, 0.2) is 10.8 Å². The lowest BCUT2D eigenvalue weighted by Gasteiger charge is -2.10. The van der Waals surface area contributed by atoms with Gasteiger partial charge in [0.05, 0.1) is 11.4 Å². The summed E-state index contributed by atoms with van der Waals surface area (Å²) in [7, 11) is -3.84. The van der Waals surface area contributed by atoms with E-state index < -0.39 is 10.0 Å². The van der Waals surface area contributed by atoms with Gasteiger partial charge in [-0.3, -0.25) is 14.1 Å². The van der Waals surface area contributed by atoms with Gasteiger partial charge in [0, 0.05) is 17.3 Å². The van der Waals surface area contributed by atoms with Gasteiger partial charge < -0.3 is 5.73 Å². The summed E-state index contributed by atoms with van der Waals surface area (Å²) in [6, 6.07) is 3.42. The molecular formula is C12H13N5O2S2. The van der Waals surface area contributed by atoms with Crippen LogP contribution in [-0.2, 0) is 10.0 Å². The number of aryl methyl sites for hydroxylation is 2. The molecule has 0 aliphatic heterocycles. The average molecular weight is 323 g/mol. The van der Waals surface area contributed by atoms with Gasteiger partial charge in [0.1, 0.15) is 0 Å². The lowest BCUT2D eigenvalue weighted by atomic mass is 10.3. The first-order valence-corrected chi connectivity index (χ1v) is 8.43. The molecule has 0 aliphatic rings. The Hall–Kier alpha value is -2.13. The number of nitrogens with zero attached hydrogens (tertiary/aromatic N) is 3. The summed E-state index contributed by atoms with van der Waals surface area (Å²) in [5, 5.41) is 1.69. The molecule has 0 unspecified atom stereocenters. The third-order valence-electron chi connectivity index (χ3n) is 2.97. The second-order valence-electron chi connectivity index (χ2n) is 4.55. The Morgan fingerprint density at radius 1 is 1.29 bits per heavy atom. The summed E-state index contributed by atoms with van der Waals surface area (Å²) in [5.41, 5.74) is 7.58. The van der Waals surface area contributed by atoms with Crippen molar-refractivity contribution < 1.29 is 8.42 Å². The molecule has 0 bridgehead atoms. The van der Waals surface area contributed by atoms with Gasteiger partial charge in [-0.2, -0.15) is 8.42 Å². The van der Waals surface area contributed by atoms with Gasteiger partial charge in [-0.25, -0.2) is 4.98 Å². The minimum Gasteiger partial charge on any atom is -0.381 e. The lowest BCUT2D eigenvalue weighted by molar-refractivity contribution is 0.597. The average Bonchev–Trinajstić information content (AvgIpc) is 2.91. The van der Waals surface area contributed by atoms with Crippen LogP contribution in [0.3, 0.4) is 0 Å². The highest BCUT2D eigenvalue weighted by atomic mass is 32.2. The van der Waals surface area contributed by atoms with Gasteiger partial charge in [0.25, 0.3) is 10.0 Å². The second kappa shape index (κ2) is 4.71. The van der Waals surface area contributed by atoms with Gasteiger partial charge in [0.2, 0.25) is 5.03 Å². The number of sulfonamides is 1. The standard InChI is InChI=1S/C12H13N5O2S2/c1-7-3-4-9(8(2)14-7)16-21(18,19)11-10(13)15-12-17(11)5-6-20-12/h3-6,16H,13H2,1-2H3. The van der Waals surface area contributed by atoms with E-state index in [9.17, 15) is 8.42 Å². The number of pyridine rings is 1. The van der Waals surface area contributed by atoms with Crippen molar-refractivity contribution >= 4 is 37.8 Å². The maximum absolute atomic E-state index is 12.6. The third-order valence-corrected chi connectivity index (χ3v) is 5.13. The van der Waals surface area contributed by atoms with Crippen LogP contribution in [0.4, 0.5) is 11.5 Å². The summed E-state index contributed by atoms with van der Waals surface area (Å²) >= 11 is 1.32. The fourth-order valence-electron chi connectivity index (χ4n) is 2.04. The number of aromatic nitrogens is 3. The Labute approximate surface area is 125 Å². The molecule has 0 saturated heterocycles. The molecule has 3 heterocycles. The molecule has 0 radical (unpaired) electrons. The van der Waals surface area contributed by atoms with Crippen molar-refractivity contribution in [2.75, 3.05) is 10.5 Å². The highest BCUT2D eigenvalue weighted by molar-refractivity contribution is 7.92. The van der Waals surface area contributed by atoms with E-state index in [-0.39, 0.29) is 10.8 Å². The molecule has 21 heavy (non-hydrogen) atoms. The van der Waals surface area contributed by atoms with Crippen LogP contribution in [0.2, 0.25) is 0 Å². The molecule has 9 heteroatoms. The van der Waals surface area contributed by atoms with E-state index in [4.69, 9.17) is 5.73 Å². The fourth-order valence-corrected chi connectivity index (χ4v) is 4.14. The van der Waals surface area contributed by atoms with Crippen molar-refractivity contribution in [2.24, 2.45) is 0 Å². The molecule has 0 amide bonds. The van der Waals surface area contributed by atoms with E-state index in [0.717, 1.165) is 5.69 Å². The largest absolute Gasteiger partial charge is 0.381 e. The number of imidazole rings is 1. The zero-order valence-corrected chi connectivity index (χ0v) is 13.0. The van der Waals surface area contributed by atoms with Gasteiger partial charge in [-0.1, -0.05) is 0 Å². The first kappa shape index (κ1) is 13.8. The fraction of sp³-hybridized carbons (Fsp3) is 0.167. The molecule has 3 rings (SSSR count). The Morgan fingerprint density at radius 3 is 2.76 bits per heavy atom. The molecule has 3 aromatic rings. The summed E-state index contributed by atoms with van der Waals surface area (Å²) in [4.78, 5) is 8.81. The molecule has 110 valence electrons. The molecule has 0 fully saturated rings. The van der Waals surface area contributed by atoms with Crippen LogP contribution in [0, 0.1) is 13.8 Å². The molecule has 7 nitrogen and oxygen atoms in total. The number of nitrogen functional groups attached to an aromatic ring is 1. The van der Waals surface area contributed by atoms with Gasteiger partial charge in [-0.15, -0.1) is 11.3 Å². The number of nitrogens with two attached hydrogens (primary N) is 1. The molecular weight excluding hydrogens is 310 g/mol. The monoisotopic (exact) mass is 323 g/mol. The number of rotatable bonds is 3. The van der Waals surface area contributed by atoms with E-state index in [0.29, 0.717) is 16.3 Å². The van der Waals surface area contributed by atoms with E-state index in [2.05, 4.69) is 14.7 Å². The van der Waals surface area contributed by atoms with Crippen molar-refractivity contribution in [2.45, 2.75) is 18.9 Å². The predicted octanol–water partition coefficient (Wildman–Crippen LogP) is 1.79. The minimum atomic E-state index is -3.84. The maximum Gasteiger partial charge on any atom is 0.281 e. The van der Waals surface area contributed by atoms with E-state index >= 15 is 0 Å². The zero-order valence-electron chi connectivity index (χ0n) is 11.4. The van der Waals surface area contributed by atoms with Crippen molar-refractivity contribution in [3.05, 3.63) is 35.1 Å². The number of nitrogens with one attached hydrogen (secondary N) is 1. The predicted molar refractivity (Wildman–Crippen MR) is 82.0 cm³/mol. The van der Waals surface area contributed by atoms with Crippen molar-refractivity contribution in [3.63, 3.8) is 0 Å². The minimum absolute atomic E-state index is 0.0212. The summed E-state index contributed by atoms with van der Waals surface area (Å²) < 4.78 is 29.1.